The van der Waals surface area contributed by atoms with Crippen molar-refractivity contribution in [1.29, 1.82) is 0 Å². The van der Waals surface area contributed by atoms with Crippen LogP contribution in [0.2, 0.25) is 0 Å². The van der Waals surface area contributed by atoms with Gasteiger partial charge in [-0.25, -0.2) is 9.78 Å². The second-order valence-corrected chi connectivity index (χ2v) is 3.41. The molecule has 0 amide bonds. The summed E-state index contributed by atoms with van der Waals surface area (Å²) in [6, 6.07) is 3.20. The average molecular weight is 224 g/mol. The maximum atomic E-state index is 10.8. The molecule has 0 aliphatic rings. The van der Waals surface area contributed by atoms with Crippen LogP contribution >= 0.6 is 0 Å². The van der Waals surface area contributed by atoms with E-state index in [-0.39, 0.29) is 12.2 Å². The van der Waals surface area contributed by atoms with Gasteiger partial charge in [0.25, 0.3) is 0 Å². The van der Waals surface area contributed by atoms with Gasteiger partial charge in [0.15, 0.2) is 0 Å². The van der Waals surface area contributed by atoms with Gasteiger partial charge >= 0.3 is 5.97 Å². The van der Waals surface area contributed by atoms with Gasteiger partial charge in [0, 0.05) is 13.1 Å². The van der Waals surface area contributed by atoms with Gasteiger partial charge < -0.3 is 15.1 Å². The molecule has 0 atom stereocenters. The normalized spacial score (nSPS) is 10.2. The molecule has 0 saturated heterocycles. The summed E-state index contributed by atoms with van der Waals surface area (Å²) in [5, 5.41) is 17.7. The summed E-state index contributed by atoms with van der Waals surface area (Å²) in [7, 11) is 0. The number of pyridine rings is 1. The molecule has 16 heavy (non-hydrogen) atoms. The van der Waals surface area contributed by atoms with Gasteiger partial charge in [-0.3, -0.25) is 0 Å². The van der Waals surface area contributed by atoms with Crippen molar-refractivity contribution in [2.75, 3.05) is 24.6 Å². The van der Waals surface area contributed by atoms with Crippen LogP contribution in [0.25, 0.3) is 0 Å². The van der Waals surface area contributed by atoms with Crippen molar-refractivity contribution in [3.63, 3.8) is 0 Å². The smallest absolute Gasteiger partial charge is 0.337 e. The molecule has 0 unspecified atom stereocenters. The lowest BCUT2D eigenvalue weighted by Crippen LogP contribution is -2.27. The van der Waals surface area contributed by atoms with Gasteiger partial charge in [0.1, 0.15) is 5.82 Å². The van der Waals surface area contributed by atoms with Crippen LogP contribution in [-0.2, 0) is 0 Å². The predicted octanol–water partition coefficient (Wildman–Crippen LogP) is 0.907. The van der Waals surface area contributed by atoms with Gasteiger partial charge in [0.2, 0.25) is 0 Å². The molecule has 1 aromatic rings. The molecule has 5 heteroatoms. The van der Waals surface area contributed by atoms with Crippen LogP contribution in [0.3, 0.4) is 0 Å². The molecule has 2 N–H and O–H groups in total. The van der Waals surface area contributed by atoms with E-state index in [1.807, 2.05) is 11.8 Å². The summed E-state index contributed by atoms with van der Waals surface area (Å²) >= 11 is 0. The fourth-order valence-electron chi connectivity index (χ4n) is 1.51. The quantitative estimate of drug-likeness (QED) is 0.777. The number of aromatic nitrogens is 1. The molecule has 1 heterocycles. The van der Waals surface area contributed by atoms with E-state index in [0.717, 1.165) is 6.54 Å². The number of likely N-dealkylation sites (N-methyl/N-ethyl adjacent to an activating group) is 1. The SMILES string of the molecule is CCN(CCO)c1ccc(C(=O)O)c(C)n1. The zero-order chi connectivity index (χ0) is 12.1. The number of aryl methyl sites for hydroxylation is 1. The monoisotopic (exact) mass is 224 g/mol. The van der Waals surface area contributed by atoms with Crippen LogP contribution < -0.4 is 4.90 Å². The molecule has 1 aromatic heterocycles. The van der Waals surface area contributed by atoms with E-state index in [1.54, 1.807) is 19.1 Å². The molecule has 88 valence electrons. The number of hydrogen-bond donors (Lipinski definition) is 2. The highest BCUT2D eigenvalue weighted by molar-refractivity contribution is 5.89. The summed E-state index contributed by atoms with van der Waals surface area (Å²) in [4.78, 5) is 16.9. The Morgan fingerprint density at radius 2 is 2.19 bits per heavy atom. The van der Waals surface area contributed by atoms with Crippen LogP contribution in [0.1, 0.15) is 23.0 Å². The van der Waals surface area contributed by atoms with Gasteiger partial charge in [-0.2, -0.15) is 0 Å². The van der Waals surface area contributed by atoms with Gasteiger partial charge in [0.05, 0.1) is 17.9 Å². The standard InChI is InChI=1S/C11H16N2O3/c1-3-13(6-7-14)10-5-4-9(11(15)16)8(2)12-10/h4-5,14H,3,6-7H2,1-2H3,(H,15,16). The maximum absolute atomic E-state index is 10.8. The molecule has 0 saturated carbocycles. The maximum Gasteiger partial charge on any atom is 0.337 e. The van der Waals surface area contributed by atoms with E-state index in [9.17, 15) is 4.79 Å². The first-order chi connectivity index (χ1) is 7.60. The van der Waals surface area contributed by atoms with Crippen molar-refractivity contribution in [3.8, 4) is 0 Å². The summed E-state index contributed by atoms with van der Waals surface area (Å²) < 4.78 is 0. The van der Waals surface area contributed by atoms with Gasteiger partial charge in [-0.1, -0.05) is 0 Å². The Labute approximate surface area is 94.4 Å². The van der Waals surface area contributed by atoms with Crippen molar-refractivity contribution >= 4 is 11.8 Å². The lowest BCUT2D eigenvalue weighted by Gasteiger charge is -2.21. The number of anilines is 1. The molecule has 0 aromatic carbocycles. The second-order valence-electron chi connectivity index (χ2n) is 3.41. The Morgan fingerprint density at radius 1 is 1.50 bits per heavy atom. The minimum absolute atomic E-state index is 0.0508. The first-order valence-electron chi connectivity index (χ1n) is 5.17. The van der Waals surface area contributed by atoms with E-state index in [1.165, 1.54) is 0 Å². The zero-order valence-corrected chi connectivity index (χ0v) is 9.47. The summed E-state index contributed by atoms with van der Waals surface area (Å²) in [6.45, 7) is 4.89. The number of carboxylic acids is 1. The third-order valence-corrected chi connectivity index (χ3v) is 2.38. The minimum atomic E-state index is -0.971. The number of aliphatic hydroxyl groups excluding tert-OH is 1. The first kappa shape index (κ1) is 12.4. The van der Waals surface area contributed by atoms with Crippen molar-refractivity contribution in [3.05, 3.63) is 23.4 Å². The number of aromatic carboxylic acids is 1. The topological polar surface area (TPSA) is 73.7 Å². The molecule has 5 nitrogen and oxygen atoms in total. The highest BCUT2D eigenvalue weighted by Crippen LogP contribution is 2.14. The third kappa shape index (κ3) is 2.70. The zero-order valence-electron chi connectivity index (χ0n) is 9.47. The Balaban J connectivity index is 2.99. The lowest BCUT2D eigenvalue weighted by atomic mass is 10.2. The van der Waals surface area contributed by atoms with Crippen LogP contribution in [0.15, 0.2) is 12.1 Å². The Morgan fingerprint density at radius 3 is 2.62 bits per heavy atom. The van der Waals surface area contributed by atoms with Crippen molar-refractivity contribution in [1.82, 2.24) is 4.98 Å². The predicted molar refractivity (Wildman–Crippen MR) is 60.9 cm³/mol. The largest absolute Gasteiger partial charge is 0.478 e. The minimum Gasteiger partial charge on any atom is -0.478 e. The second kappa shape index (κ2) is 5.46. The average Bonchev–Trinajstić information content (AvgIpc) is 2.25. The van der Waals surface area contributed by atoms with Crippen LogP contribution in [0.5, 0.6) is 0 Å². The third-order valence-electron chi connectivity index (χ3n) is 2.38. The molecule has 1 rings (SSSR count). The molecular weight excluding hydrogens is 208 g/mol. The van der Waals surface area contributed by atoms with Gasteiger partial charge in [-0.05, 0) is 26.0 Å². The number of hydrogen-bond acceptors (Lipinski definition) is 4. The number of aliphatic hydroxyl groups is 1. The molecule has 0 bridgehead atoms. The highest BCUT2D eigenvalue weighted by atomic mass is 16.4. The van der Waals surface area contributed by atoms with Gasteiger partial charge in [-0.15, -0.1) is 0 Å². The first-order valence-corrected chi connectivity index (χ1v) is 5.17. The van der Waals surface area contributed by atoms with Crippen molar-refractivity contribution < 1.29 is 15.0 Å². The number of carbonyl (C=O) groups is 1. The van der Waals surface area contributed by atoms with E-state index < -0.39 is 5.97 Å². The van der Waals surface area contributed by atoms with Crippen LogP contribution in [0, 0.1) is 6.92 Å². The fraction of sp³-hybridized carbons (Fsp3) is 0.455. The van der Waals surface area contributed by atoms with Crippen LogP contribution in [0.4, 0.5) is 5.82 Å². The molecule has 0 radical (unpaired) electrons. The highest BCUT2D eigenvalue weighted by Gasteiger charge is 2.11. The van der Waals surface area contributed by atoms with Crippen molar-refractivity contribution in [2.45, 2.75) is 13.8 Å². The lowest BCUT2D eigenvalue weighted by molar-refractivity contribution is 0.0695. The number of rotatable bonds is 5. The Kier molecular flexibility index (Phi) is 4.25. The summed E-state index contributed by atoms with van der Waals surface area (Å²) in [5.74, 6) is -0.277. The Hall–Kier alpha value is -1.62. The number of carboxylic acid groups (broad SMARTS) is 1. The number of nitrogens with zero attached hydrogens (tertiary/aromatic N) is 2. The summed E-state index contributed by atoms with van der Waals surface area (Å²) in [6.07, 6.45) is 0. The van der Waals surface area contributed by atoms with E-state index in [4.69, 9.17) is 10.2 Å². The van der Waals surface area contributed by atoms with E-state index in [0.29, 0.717) is 18.1 Å². The molecule has 0 spiro atoms. The molecule has 0 aliphatic carbocycles. The van der Waals surface area contributed by atoms with E-state index >= 15 is 0 Å². The fourth-order valence-corrected chi connectivity index (χ4v) is 1.51. The van der Waals surface area contributed by atoms with Crippen LogP contribution in [-0.4, -0.2) is 40.9 Å². The summed E-state index contributed by atoms with van der Waals surface area (Å²) in [5.41, 5.74) is 0.699. The van der Waals surface area contributed by atoms with E-state index in [2.05, 4.69) is 4.98 Å². The van der Waals surface area contributed by atoms with Crippen molar-refractivity contribution in [2.24, 2.45) is 0 Å². The Bertz CT molecular complexity index is 379. The molecular formula is C11H16N2O3. The molecule has 0 aliphatic heterocycles. The molecule has 0 fully saturated rings.